The van der Waals surface area contributed by atoms with Gasteiger partial charge in [0.2, 0.25) is 5.78 Å². The van der Waals surface area contributed by atoms with Crippen molar-refractivity contribution in [3.63, 3.8) is 0 Å². The minimum atomic E-state index is -4.51. The van der Waals surface area contributed by atoms with Gasteiger partial charge in [0.05, 0.1) is 21.1 Å². The van der Waals surface area contributed by atoms with Gasteiger partial charge < -0.3 is 5.73 Å². The molecule has 0 unspecified atom stereocenters. The van der Waals surface area contributed by atoms with Gasteiger partial charge in [0.25, 0.3) is 0 Å². The summed E-state index contributed by atoms with van der Waals surface area (Å²) in [6.45, 7) is 1.95. The van der Waals surface area contributed by atoms with Crippen molar-refractivity contribution in [2.45, 2.75) is 13.1 Å². The van der Waals surface area contributed by atoms with Gasteiger partial charge in [-0.25, -0.2) is 0 Å². The fraction of sp³-hybridized carbons (Fsp3) is 0.0870. The average molecular weight is 446 g/mol. The molecule has 1 heterocycles. The van der Waals surface area contributed by atoms with E-state index in [0.717, 1.165) is 40.2 Å². The Morgan fingerprint density at radius 1 is 1.07 bits per heavy atom. The van der Waals surface area contributed by atoms with Crippen LogP contribution in [0.1, 0.15) is 22.3 Å². The molecular weight excluding hydrogens is 431 g/mol. The lowest BCUT2D eigenvalue weighted by Crippen LogP contribution is -2.07. The maximum Gasteiger partial charge on any atom is 0.416 e. The van der Waals surface area contributed by atoms with Crippen LogP contribution >= 0.6 is 23.4 Å². The molecule has 2 nitrogen and oxygen atoms in total. The van der Waals surface area contributed by atoms with Gasteiger partial charge in [0, 0.05) is 10.6 Å². The van der Waals surface area contributed by atoms with Gasteiger partial charge in [-0.2, -0.15) is 13.2 Å². The van der Waals surface area contributed by atoms with Crippen molar-refractivity contribution in [3.8, 4) is 0 Å². The zero-order valence-corrected chi connectivity index (χ0v) is 17.3. The van der Waals surface area contributed by atoms with E-state index < -0.39 is 17.5 Å². The first-order valence-electron chi connectivity index (χ1n) is 8.96. The van der Waals surface area contributed by atoms with Crippen molar-refractivity contribution in [1.29, 1.82) is 0 Å². The number of hydrogen-bond acceptors (Lipinski definition) is 3. The van der Waals surface area contributed by atoms with Gasteiger partial charge in [0.1, 0.15) is 0 Å². The van der Waals surface area contributed by atoms with Crippen LogP contribution in [0.3, 0.4) is 0 Å². The molecule has 2 N–H and O–H groups in total. The van der Waals surface area contributed by atoms with Crippen molar-refractivity contribution in [3.05, 3.63) is 91.8 Å². The van der Waals surface area contributed by atoms with Crippen molar-refractivity contribution >= 4 is 51.6 Å². The highest BCUT2D eigenvalue weighted by molar-refractivity contribution is 8.08. The molecule has 0 amide bonds. The fourth-order valence-electron chi connectivity index (χ4n) is 3.51. The van der Waals surface area contributed by atoms with E-state index in [1.54, 1.807) is 12.1 Å². The first-order chi connectivity index (χ1) is 14.2. The standard InChI is InChI=1S/C23H15ClF3NOS/c1-12-4-2-5-13-8-9-17(24)16(19(12)13)11-18-21(29)20(22(28)30-18)14-6-3-7-15(10-14)23(25,26)27/h2-11H,28H2,1H3. The third-order valence-corrected chi connectivity index (χ3v) is 6.19. The SMILES string of the molecule is Cc1cccc2ccc(Cl)c(C=C3SC(N)=C(c4cccc(C(F)(F)F)c4)C3=O)c12. The lowest BCUT2D eigenvalue weighted by Gasteiger charge is -2.10. The number of nitrogens with two attached hydrogens (primary N) is 1. The Morgan fingerprint density at radius 3 is 2.53 bits per heavy atom. The van der Waals surface area contributed by atoms with E-state index in [-0.39, 0.29) is 16.2 Å². The molecule has 1 aliphatic rings. The molecule has 0 saturated carbocycles. The van der Waals surface area contributed by atoms with E-state index >= 15 is 0 Å². The Balaban J connectivity index is 1.80. The number of aryl methyl sites for hydroxylation is 1. The molecule has 0 bridgehead atoms. The van der Waals surface area contributed by atoms with E-state index in [1.165, 1.54) is 12.1 Å². The Hall–Kier alpha value is -2.70. The summed E-state index contributed by atoms with van der Waals surface area (Å²) in [6.07, 6.45) is -2.84. The first kappa shape index (κ1) is 20.6. The number of benzene rings is 3. The second-order valence-corrected chi connectivity index (χ2v) is 8.38. The van der Waals surface area contributed by atoms with Crippen LogP contribution in [0.25, 0.3) is 22.4 Å². The number of carbonyl (C=O) groups excluding carboxylic acids is 1. The fourth-order valence-corrected chi connectivity index (χ4v) is 4.65. The highest BCUT2D eigenvalue weighted by Gasteiger charge is 2.33. The predicted octanol–water partition coefficient (Wildman–Crippen LogP) is 6.80. The number of Topliss-reactive ketones (excluding diaryl/α,β-unsaturated/α-hetero) is 1. The van der Waals surface area contributed by atoms with Crippen LogP contribution in [0, 0.1) is 6.92 Å². The first-order valence-corrected chi connectivity index (χ1v) is 10.2. The molecule has 152 valence electrons. The number of thioether (sulfide) groups is 1. The topological polar surface area (TPSA) is 43.1 Å². The van der Waals surface area contributed by atoms with Crippen LogP contribution in [-0.2, 0) is 11.0 Å². The monoisotopic (exact) mass is 445 g/mol. The minimum absolute atomic E-state index is 0.0745. The quantitative estimate of drug-likeness (QED) is 0.441. The number of carbonyl (C=O) groups is 1. The van der Waals surface area contributed by atoms with Crippen LogP contribution in [0.4, 0.5) is 13.2 Å². The van der Waals surface area contributed by atoms with Gasteiger partial charge >= 0.3 is 6.18 Å². The van der Waals surface area contributed by atoms with Gasteiger partial charge in [0.15, 0.2) is 0 Å². The van der Waals surface area contributed by atoms with Crippen molar-refractivity contribution in [2.75, 3.05) is 0 Å². The molecule has 4 rings (SSSR count). The number of hydrogen-bond donors (Lipinski definition) is 1. The maximum absolute atomic E-state index is 13.1. The molecule has 3 aromatic carbocycles. The second-order valence-electron chi connectivity index (χ2n) is 6.89. The zero-order chi connectivity index (χ0) is 21.6. The summed E-state index contributed by atoms with van der Waals surface area (Å²) in [5.74, 6) is -0.418. The van der Waals surface area contributed by atoms with Crippen molar-refractivity contribution in [1.82, 2.24) is 0 Å². The molecule has 0 radical (unpaired) electrons. The smallest absolute Gasteiger partial charge is 0.393 e. The van der Waals surface area contributed by atoms with Gasteiger partial charge in [-0.05, 0) is 53.1 Å². The Labute approximate surface area is 180 Å². The summed E-state index contributed by atoms with van der Waals surface area (Å²) in [6, 6.07) is 14.1. The Kier molecular flexibility index (Phi) is 5.16. The average Bonchev–Trinajstić information content (AvgIpc) is 2.97. The summed E-state index contributed by atoms with van der Waals surface area (Å²) in [7, 11) is 0. The van der Waals surface area contributed by atoms with E-state index in [2.05, 4.69) is 0 Å². The molecular formula is C23H15ClF3NOS. The van der Waals surface area contributed by atoms with Crippen molar-refractivity contribution in [2.24, 2.45) is 5.73 Å². The second kappa shape index (κ2) is 7.52. The van der Waals surface area contributed by atoms with E-state index in [9.17, 15) is 18.0 Å². The van der Waals surface area contributed by atoms with Gasteiger partial charge in [-0.3, -0.25) is 4.79 Å². The van der Waals surface area contributed by atoms with Crippen LogP contribution < -0.4 is 5.73 Å². The normalized spacial score (nSPS) is 16.2. The number of fused-ring (bicyclic) bond motifs is 1. The number of halogens is 4. The molecule has 0 aliphatic carbocycles. The zero-order valence-electron chi connectivity index (χ0n) is 15.7. The number of allylic oxidation sites excluding steroid dienone is 2. The summed E-state index contributed by atoms with van der Waals surface area (Å²) >= 11 is 7.46. The highest BCUT2D eigenvalue weighted by atomic mass is 35.5. The molecule has 0 atom stereocenters. The molecule has 1 aliphatic heterocycles. The summed E-state index contributed by atoms with van der Waals surface area (Å²) in [5, 5.41) is 2.53. The van der Waals surface area contributed by atoms with Crippen LogP contribution in [0.5, 0.6) is 0 Å². The number of rotatable bonds is 2. The molecule has 0 aromatic heterocycles. The largest absolute Gasteiger partial charge is 0.416 e. The minimum Gasteiger partial charge on any atom is -0.393 e. The molecule has 7 heteroatoms. The van der Waals surface area contributed by atoms with Crippen LogP contribution in [0.15, 0.2) is 64.5 Å². The third kappa shape index (κ3) is 3.61. The highest BCUT2D eigenvalue weighted by Crippen LogP contribution is 2.43. The summed E-state index contributed by atoms with van der Waals surface area (Å²) in [5.41, 5.74) is 7.12. The lowest BCUT2D eigenvalue weighted by molar-refractivity contribution is -0.137. The Morgan fingerprint density at radius 2 is 1.80 bits per heavy atom. The molecule has 30 heavy (non-hydrogen) atoms. The summed E-state index contributed by atoms with van der Waals surface area (Å²) < 4.78 is 39.2. The molecule has 0 saturated heterocycles. The third-order valence-electron chi connectivity index (χ3n) is 4.91. The number of ketones is 1. The number of alkyl halides is 3. The molecule has 0 fully saturated rings. The van der Waals surface area contributed by atoms with E-state index in [1.807, 2.05) is 31.2 Å². The van der Waals surface area contributed by atoms with E-state index in [0.29, 0.717) is 15.5 Å². The lowest BCUT2D eigenvalue weighted by atomic mass is 9.97. The van der Waals surface area contributed by atoms with Crippen LogP contribution in [0.2, 0.25) is 5.02 Å². The van der Waals surface area contributed by atoms with Gasteiger partial charge in [-0.1, -0.05) is 59.8 Å². The van der Waals surface area contributed by atoms with Crippen molar-refractivity contribution < 1.29 is 18.0 Å². The van der Waals surface area contributed by atoms with E-state index in [4.69, 9.17) is 17.3 Å². The van der Waals surface area contributed by atoms with Crippen LogP contribution in [-0.4, -0.2) is 5.78 Å². The van der Waals surface area contributed by atoms with Gasteiger partial charge in [-0.15, -0.1) is 0 Å². The maximum atomic E-state index is 13.1. The summed E-state index contributed by atoms with van der Waals surface area (Å²) in [4.78, 5) is 13.4. The Bertz CT molecular complexity index is 1260. The molecule has 3 aromatic rings. The predicted molar refractivity (Wildman–Crippen MR) is 117 cm³/mol. The molecule has 0 spiro atoms.